The van der Waals surface area contributed by atoms with Crippen molar-refractivity contribution in [2.24, 2.45) is 0 Å². The summed E-state index contributed by atoms with van der Waals surface area (Å²) in [6, 6.07) is 0. The number of rotatable bonds is 0. The van der Waals surface area contributed by atoms with Gasteiger partial charge in [-0.2, -0.15) is 0 Å². The fraction of sp³-hybridized carbons (Fsp3) is 0. The van der Waals surface area contributed by atoms with Crippen LogP contribution in [-0.2, 0) is 19.5 Å². The van der Waals surface area contributed by atoms with Crippen molar-refractivity contribution in [1.29, 1.82) is 0 Å². The second kappa shape index (κ2) is 66.3. The first-order valence-electron chi connectivity index (χ1n) is 0. The molecule has 0 aromatic heterocycles. The molecular formula is H4BO2Zn. The molecule has 0 amide bonds. The third kappa shape index (κ3) is 18.2. The molecule has 0 aliphatic rings. The van der Waals surface area contributed by atoms with Gasteiger partial charge in [0.2, 0.25) is 0 Å². The summed E-state index contributed by atoms with van der Waals surface area (Å²) in [7, 11) is 0. The normalized spacial score (nSPS) is 0. The van der Waals surface area contributed by atoms with E-state index in [-0.39, 0.29) is 38.8 Å². The quantitative estimate of drug-likeness (QED) is 0.324. The minimum absolute atomic E-state index is 0. The van der Waals surface area contributed by atoms with Crippen molar-refractivity contribution in [1.82, 2.24) is 0 Å². The average Bonchev–Trinajstić information content (AvgIpc) is 0. The van der Waals surface area contributed by atoms with E-state index in [1.165, 1.54) is 0 Å². The molecule has 3 radical (unpaired) electrons. The molecule has 4 heavy (non-hydrogen) atoms. The van der Waals surface area contributed by atoms with Crippen LogP contribution in [-0.4, -0.2) is 19.4 Å². The Labute approximate surface area is 39.5 Å². The molecule has 0 atom stereocenters. The maximum absolute atomic E-state index is 0. The molecule has 0 bridgehead atoms. The molecule has 4 N–H and O–H groups in total. The van der Waals surface area contributed by atoms with Gasteiger partial charge in [-0.1, -0.05) is 0 Å². The largest absolute Gasteiger partial charge is 0.412 e. The Morgan fingerprint density at radius 1 is 0.750 bits per heavy atom. The predicted octanol–water partition coefficient (Wildman–Crippen LogP) is -2.03. The molecule has 0 aromatic rings. The Kier molecular flexibility index (Phi) is 2690. The summed E-state index contributed by atoms with van der Waals surface area (Å²) in [5, 5.41) is 0. The minimum Gasteiger partial charge on any atom is -0.412 e. The molecule has 0 aliphatic carbocycles. The first-order valence-corrected chi connectivity index (χ1v) is 0. The first-order chi connectivity index (χ1) is 0. The van der Waals surface area contributed by atoms with Gasteiger partial charge in [0, 0.05) is 27.9 Å². The zero-order valence-electron chi connectivity index (χ0n) is 2.28. The van der Waals surface area contributed by atoms with E-state index >= 15 is 0 Å². The fourth-order valence-corrected chi connectivity index (χ4v) is 0. The van der Waals surface area contributed by atoms with Crippen molar-refractivity contribution in [3.8, 4) is 0 Å². The summed E-state index contributed by atoms with van der Waals surface area (Å²) in [6.45, 7) is 0. The molecule has 0 aliphatic heterocycles. The Hall–Kier alpha value is 0.608. The topological polar surface area (TPSA) is 63.0 Å². The number of hydrogen-bond donors (Lipinski definition) is 0. The minimum atomic E-state index is 0. The van der Waals surface area contributed by atoms with Gasteiger partial charge in [-0.25, -0.2) is 0 Å². The van der Waals surface area contributed by atoms with Crippen molar-refractivity contribution < 1.29 is 30.4 Å². The van der Waals surface area contributed by atoms with Crippen LogP contribution < -0.4 is 0 Å². The maximum Gasteiger partial charge on any atom is 0 e. The van der Waals surface area contributed by atoms with Gasteiger partial charge in [0.25, 0.3) is 0 Å². The molecule has 21 valence electrons. The Morgan fingerprint density at radius 2 is 0.750 bits per heavy atom. The van der Waals surface area contributed by atoms with Gasteiger partial charge >= 0.3 is 0 Å². The van der Waals surface area contributed by atoms with Crippen LogP contribution in [0.1, 0.15) is 0 Å². The van der Waals surface area contributed by atoms with Gasteiger partial charge in [0.15, 0.2) is 0 Å². The van der Waals surface area contributed by atoms with E-state index in [1.54, 1.807) is 0 Å². The van der Waals surface area contributed by atoms with Gasteiger partial charge in [-0.3, -0.25) is 0 Å². The van der Waals surface area contributed by atoms with Crippen LogP contribution in [0, 0.1) is 0 Å². The van der Waals surface area contributed by atoms with Crippen molar-refractivity contribution >= 4 is 8.41 Å². The summed E-state index contributed by atoms with van der Waals surface area (Å²) < 4.78 is 0. The summed E-state index contributed by atoms with van der Waals surface area (Å²) in [4.78, 5) is 0. The third-order valence-corrected chi connectivity index (χ3v) is 0. The van der Waals surface area contributed by atoms with E-state index in [0.717, 1.165) is 0 Å². The van der Waals surface area contributed by atoms with E-state index in [4.69, 9.17) is 0 Å². The van der Waals surface area contributed by atoms with E-state index in [0.29, 0.717) is 0 Å². The smallest absolute Gasteiger partial charge is 0 e. The van der Waals surface area contributed by atoms with Crippen molar-refractivity contribution in [3.63, 3.8) is 0 Å². The predicted molar refractivity (Wildman–Crippen MR) is 13.0 cm³/mol. The zero-order valence-corrected chi connectivity index (χ0v) is 5.25. The van der Waals surface area contributed by atoms with E-state index in [2.05, 4.69) is 0 Å². The van der Waals surface area contributed by atoms with Crippen molar-refractivity contribution in [2.75, 3.05) is 0 Å². The molecule has 0 fully saturated rings. The molecule has 0 heterocycles. The summed E-state index contributed by atoms with van der Waals surface area (Å²) >= 11 is 0. The van der Waals surface area contributed by atoms with Crippen molar-refractivity contribution in [2.45, 2.75) is 0 Å². The van der Waals surface area contributed by atoms with Gasteiger partial charge in [0.05, 0.1) is 0 Å². The molecular weight excluding hydrogens is 108 g/mol. The van der Waals surface area contributed by atoms with Crippen LogP contribution in [0.25, 0.3) is 0 Å². The summed E-state index contributed by atoms with van der Waals surface area (Å²) in [5.74, 6) is 0. The van der Waals surface area contributed by atoms with Crippen LogP contribution in [0.15, 0.2) is 0 Å². The molecule has 4 heteroatoms. The Bertz CT molecular complexity index is 6.00. The molecule has 0 saturated heterocycles. The molecule has 0 rings (SSSR count). The summed E-state index contributed by atoms with van der Waals surface area (Å²) in [5.41, 5.74) is 0. The average molecular weight is 112 g/mol. The van der Waals surface area contributed by atoms with Crippen LogP contribution in [0.5, 0.6) is 0 Å². The van der Waals surface area contributed by atoms with Gasteiger partial charge in [0.1, 0.15) is 0 Å². The van der Waals surface area contributed by atoms with Gasteiger partial charge in [-0.15, -0.1) is 0 Å². The first kappa shape index (κ1) is 162. The monoisotopic (exact) mass is 111 g/mol. The van der Waals surface area contributed by atoms with Crippen molar-refractivity contribution in [3.05, 3.63) is 0 Å². The Morgan fingerprint density at radius 3 is 0.750 bits per heavy atom. The van der Waals surface area contributed by atoms with Crippen LogP contribution >= 0.6 is 0 Å². The summed E-state index contributed by atoms with van der Waals surface area (Å²) in [6.07, 6.45) is 0. The van der Waals surface area contributed by atoms with E-state index < -0.39 is 0 Å². The molecule has 0 spiro atoms. The van der Waals surface area contributed by atoms with E-state index in [9.17, 15) is 0 Å². The van der Waals surface area contributed by atoms with Crippen LogP contribution in [0.3, 0.4) is 0 Å². The van der Waals surface area contributed by atoms with E-state index in [1.807, 2.05) is 0 Å². The van der Waals surface area contributed by atoms with Crippen LogP contribution in [0.4, 0.5) is 0 Å². The molecule has 2 nitrogen and oxygen atoms in total. The molecule has 0 saturated carbocycles. The maximum atomic E-state index is 0. The third-order valence-electron chi connectivity index (χ3n) is 0. The van der Waals surface area contributed by atoms with Gasteiger partial charge in [-0.05, 0) is 0 Å². The molecule has 0 unspecified atom stereocenters. The second-order valence-corrected chi connectivity index (χ2v) is 0. The standard InChI is InChI=1S/B.2H2O.Zn/h;2*1H2;. The van der Waals surface area contributed by atoms with Gasteiger partial charge < -0.3 is 11.0 Å². The molecule has 0 aromatic carbocycles. The second-order valence-electron chi connectivity index (χ2n) is 0. The number of hydrogen-bond acceptors (Lipinski definition) is 0. The Balaban J connectivity index is 0. The SMILES string of the molecule is O.O.[B].[Zn]. The zero-order chi connectivity index (χ0) is 0. The fourth-order valence-electron chi connectivity index (χ4n) is 0. The van der Waals surface area contributed by atoms with Crippen LogP contribution in [0.2, 0.25) is 0 Å².